The Hall–Kier alpha value is -2.64. The molecule has 7 nitrogen and oxygen atoms in total. The van der Waals surface area contributed by atoms with Gasteiger partial charge in [-0.15, -0.1) is 10.2 Å². The molecule has 1 heterocycles. The van der Waals surface area contributed by atoms with E-state index in [1.54, 1.807) is 35.0 Å². The Bertz CT molecular complexity index is 659. The number of aromatic nitrogens is 3. The van der Waals surface area contributed by atoms with Crippen molar-refractivity contribution in [3.05, 3.63) is 42.2 Å². The highest BCUT2D eigenvalue weighted by atomic mass is 19.1. The lowest BCUT2D eigenvalue weighted by Crippen LogP contribution is -2.40. The molecule has 0 bridgehead atoms. The number of amides is 2. The van der Waals surface area contributed by atoms with E-state index < -0.39 is 0 Å². The van der Waals surface area contributed by atoms with Gasteiger partial charge in [-0.3, -0.25) is 0 Å². The molecule has 0 fully saturated rings. The number of carbonyl (C=O) groups is 1. The van der Waals surface area contributed by atoms with E-state index in [2.05, 4.69) is 15.5 Å². The number of aryl methyl sites for hydroxylation is 1. The second-order valence-electron chi connectivity index (χ2n) is 5.55. The van der Waals surface area contributed by atoms with Crippen LogP contribution in [0, 0.1) is 5.82 Å². The maximum Gasteiger partial charge on any atom is 0.317 e. The van der Waals surface area contributed by atoms with Gasteiger partial charge < -0.3 is 19.5 Å². The fourth-order valence-corrected chi connectivity index (χ4v) is 2.17. The molecular formula is C16H22FN5O2. The third kappa shape index (κ3) is 4.94. The normalized spacial score (nSPS) is 11.8. The molecule has 1 N–H and O–H groups in total. The molecule has 0 unspecified atom stereocenters. The Kier molecular flexibility index (Phi) is 6.11. The number of hydrogen-bond acceptors (Lipinski definition) is 4. The van der Waals surface area contributed by atoms with E-state index in [-0.39, 0.29) is 17.9 Å². The summed E-state index contributed by atoms with van der Waals surface area (Å²) in [6.45, 7) is 2.84. The Morgan fingerprint density at radius 1 is 1.42 bits per heavy atom. The SMILES string of the molecule is C[C@@H](NC(=O)N(C)CCCOc1ccc(F)cc1)c1nncn1C. The third-order valence-corrected chi connectivity index (χ3v) is 3.54. The van der Waals surface area contributed by atoms with Crippen molar-refractivity contribution in [2.45, 2.75) is 19.4 Å². The van der Waals surface area contributed by atoms with Gasteiger partial charge in [0, 0.05) is 20.6 Å². The number of rotatable bonds is 7. The number of benzene rings is 1. The van der Waals surface area contributed by atoms with Crippen molar-refractivity contribution in [3.63, 3.8) is 0 Å². The first-order valence-electron chi connectivity index (χ1n) is 7.71. The monoisotopic (exact) mass is 335 g/mol. The Morgan fingerprint density at radius 2 is 2.12 bits per heavy atom. The van der Waals surface area contributed by atoms with E-state index in [0.29, 0.717) is 31.1 Å². The smallest absolute Gasteiger partial charge is 0.317 e. The maximum atomic E-state index is 12.8. The van der Waals surface area contributed by atoms with Gasteiger partial charge in [-0.05, 0) is 37.6 Å². The van der Waals surface area contributed by atoms with E-state index in [1.165, 1.54) is 12.1 Å². The second-order valence-corrected chi connectivity index (χ2v) is 5.55. The predicted molar refractivity (Wildman–Crippen MR) is 87.1 cm³/mol. The number of urea groups is 1. The van der Waals surface area contributed by atoms with Crippen molar-refractivity contribution in [2.24, 2.45) is 7.05 Å². The molecule has 0 spiro atoms. The van der Waals surface area contributed by atoms with Gasteiger partial charge in [0.1, 0.15) is 17.9 Å². The third-order valence-electron chi connectivity index (χ3n) is 3.54. The number of nitrogens with one attached hydrogen (secondary N) is 1. The first-order chi connectivity index (χ1) is 11.5. The molecule has 1 aromatic carbocycles. The van der Waals surface area contributed by atoms with Gasteiger partial charge in [-0.1, -0.05) is 0 Å². The van der Waals surface area contributed by atoms with Gasteiger partial charge >= 0.3 is 6.03 Å². The highest BCUT2D eigenvalue weighted by Gasteiger charge is 2.16. The molecule has 1 atom stereocenters. The van der Waals surface area contributed by atoms with Crippen LogP contribution < -0.4 is 10.1 Å². The number of hydrogen-bond donors (Lipinski definition) is 1. The second kappa shape index (κ2) is 8.28. The van der Waals surface area contributed by atoms with Gasteiger partial charge in [-0.25, -0.2) is 9.18 Å². The molecule has 1 aromatic heterocycles. The van der Waals surface area contributed by atoms with Crippen molar-refractivity contribution < 1.29 is 13.9 Å². The Morgan fingerprint density at radius 3 is 2.75 bits per heavy atom. The fraction of sp³-hybridized carbons (Fsp3) is 0.438. The zero-order chi connectivity index (χ0) is 17.5. The standard InChI is InChI=1S/C16H22FN5O2/c1-12(15-20-18-11-22(15)3)19-16(23)21(2)9-4-10-24-14-7-5-13(17)6-8-14/h5-8,11-12H,4,9-10H2,1-3H3,(H,19,23)/t12-/m1/s1. The molecule has 24 heavy (non-hydrogen) atoms. The van der Waals surface area contributed by atoms with E-state index >= 15 is 0 Å². The van der Waals surface area contributed by atoms with Gasteiger partial charge in [0.05, 0.1) is 12.6 Å². The van der Waals surface area contributed by atoms with Crippen LogP contribution in [-0.4, -0.2) is 45.9 Å². The lowest BCUT2D eigenvalue weighted by molar-refractivity contribution is 0.199. The lowest BCUT2D eigenvalue weighted by atomic mass is 10.3. The van der Waals surface area contributed by atoms with Gasteiger partial charge in [0.25, 0.3) is 0 Å². The van der Waals surface area contributed by atoms with Crippen LogP contribution in [0.5, 0.6) is 5.75 Å². The Balaban J connectivity index is 1.70. The number of carbonyl (C=O) groups excluding carboxylic acids is 1. The molecule has 2 amide bonds. The van der Waals surface area contributed by atoms with E-state index in [0.717, 1.165) is 0 Å². The molecule has 0 aliphatic carbocycles. The zero-order valence-corrected chi connectivity index (χ0v) is 14.1. The summed E-state index contributed by atoms with van der Waals surface area (Å²) >= 11 is 0. The summed E-state index contributed by atoms with van der Waals surface area (Å²) in [6.07, 6.45) is 2.26. The van der Waals surface area contributed by atoms with Gasteiger partial charge in [0.15, 0.2) is 5.82 Å². The summed E-state index contributed by atoms with van der Waals surface area (Å²) in [4.78, 5) is 13.7. The maximum absolute atomic E-state index is 12.8. The largest absolute Gasteiger partial charge is 0.494 e. The first-order valence-corrected chi connectivity index (χ1v) is 7.71. The van der Waals surface area contributed by atoms with Crippen LogP contribution in [0.15, 0.2) is 30.6 Å². The van der Waals surface area contributed by atoms with Crippen LogP contribution >= 0.6 is 0 Å². The van der Waals surface area contributed by atoms with Gasteiger partial charge in [-0.2, -0.15) is 0 Å². The molecule has 8 heteroatoms. The van der Waals surface area contributed by atoms with Crippen molar-refractivity contribution in [3.8, 4) is 5.75 Å². The summed E-state index contributed by atoms with van der Waals surface area (Å²) in [5.74, 6) is 1.01. The topological polar surface area (TPSA) is 72.3 Å². The van der Waals surface area contributed by atoms with Crippen LogP contribution in [0.25, 0.3) is 0 Å². The number of halogens is 1. The molecule has 0 radical (unpaired) electrons. The lowest BCUT2D eigenvalue weighted by Gasteiger charge is -2.21. The quantitative estimate of drug-likeness (QED) is 0.787. The highest BCUT2D eigenvalue weighted by molar-refractivity contribution is 5.74. The molecule has 0 saturated heterocycles. The number of nitrogens with zero attached hydrogens (tertiary/aromatic N) is 4. The molecule has 0 aliphatic rings. The molecule has 2 rings (SSSR count). The zero-order valence-electron chi connectivity index (χ0n) is 14.1. The van der Waals surface area contributed by atoms with E-state index in [9.17, 15) is 9.18 Å². The number of ether oxygens (including phenoxy) is 1. The van der Waals surface area contributed by atoms with Crippen molar-refractivity contribution in [2.75, 3.05) is 20.2 Å². The summed E-state index contributed by atoms with van der Waals surface area (Å²) < 4.78 is 20.0. The van der Waals surface area contributed by atoms with Crippen LogP contribution in [-0.2, 0) is 7.05 Å². The minimum Gasteiger partial charge on any atom is -0.494 e. The molecule has 2 aromatic rings. The van der Waals surface area contributed by atoms with Crippen molar-refractivity contribution in [1.82, 2.24) is 25.0 Å². The minimum atomic E-state index is -0.296. The predicted octanol–water partition coefficient (Wildman–Crippen LogP) is 2.13. The summed E-state index contributed by atoms with van der Waals surface area (Å²) in [5.41, 5.74) is 0. The summed E-state index contributed by atoms with van der Waals surface area (Å²) in [5, 5.41) is 10.6. The molecule has 0 aliphatic heterocycles. The van der Waals surface area contributed by atoms with Gasteiger partial charge in [0.2, 0.25) is 0 Å². The van der Waals surface area contributed by atoms with Crippen LogP contribution in [0.1, 0.15) is 25.2 Å². The van der Waals surface area contributed by atoms with E-state index in [1.807, 2.05) is 14.0 Å². The van der Waals surface area contributed by atoms with Crippen molar-refractivity contribution >= 4 is 6.03 Å². The molecular weight excluding hydrogens is 313 g/mol. The minimum absolute atomic E-state index is 0.188. The van der Waals surface area contributed by atoms with Crippen LogP contribution in [0.3, 0.4) is 0 Å². The van der Waals surface area contributed by atoms with Crippen LogP contribution in [0.4, 0.5) is 9.18 Å². The highest BCUT2D eigenvalue weighted by Crippen LogP contribution is 2.11. The average Bonchev–Trinajstić information content (AvgIpc) is 2.99. The van der Waals surface area contributed by atoms with Crippen molar-refractivity contribution in [1.29, 1.82) is 0 Å². The summed E-state index contributed by atoms with van der Waals surface area (Å²) in [7, 11) is 3.55. The summed E-state index contributed by atoms with van der Waals surface area (Å²) in [6, 6.07) is 5.43. The Labute approximate surface area is 140 Å². The van der Waals surface area contributed by atoms with E-state index in [4.69, 9.17) is 4.74 Å². The van der Waals surface area contributed by atoms with Crippen LogP contribution in [0.2, 0.25) is 0 Å². The fourth-order valence-electron chi connectivity index (χ4n) is 2.17. The first kappa shape index (κ1) is 17.7. The average molecular weight is 335 g/mol. The molecule has 0 saturated carbocycles. The molecule has 130 valence electrons.